The number of rotatable bonds is 7. The molecule has 0 aliphatic rings. The van der Waals surface area contributed by atoms with Gasteiger partial charge in [0.15, 0.2) is 0 Å². The smallest absolute Gasteiger partial charge is 0.303 e. The van der Waals surface area contributed by atoms with Crippen LogP contribution in [-0.2, 0) is 4.79 Å². The maximum absolute atomic E-state index is 12.4. The van der Waals surface area contributed by atoms with Crippen LogP contribution in [0.3, 0.4) is 0 Å². The summed E-state index contributed by atoms with van der Waals surface area (Å²) in [7, 11) is 1.51. The molecular weight excluding hydrogens is 302 g/mol. The third-order valence-corrected chi connectivity index (χ3v) is 4.10. The first-order valence-corrected chi connectivity index (χ1v) is 7.69. The molecule has 0 saturated carbocycles. The number of nitrogens with one attached hydrogen (secondary N) is 1. The van der Waals surface area contributed by atoms with E-state index in [4.69, 9.17) is 9.84 Å². The first kappa shape index (κ1) is 16.0. The number of carboxylic acids is 1. The van der Waals surface area contributed by atoms with Crippen molar-refractivity contribution in [2.24, 2.45) is 0 Å². The molecule has 116 valence electrons. The zero-order valence-electron chi connectivity index (χ0n) is 12.1. The fraction of sp³-hybridized carbons (Fsp3) is 0.250. The van der Waals surface area contributed by atoms with E-state index in [9.17, 15) is 9.59 Å². The second-order valence-electron chi connectivity index (χ2n) is 4.69. The molecule has 0 aliphatic carbocycles. The number of aliphatic carboxylic acids is 1. The van der Waals surface area contributed by atoms with E-state index in [0.717, 1.165) is 5.56 Å². The van der Waals surface area contributed by atoms with Crippen molar-refractivity contribution < 1.29 is 19.4 Å². The molecule has 0 saturated heterocycles. The summed E-state index contributed by atoms with van der Waals surface area (Å²) in [6.45, 7) is 0. The lowest BCUT2D eigenvalue weighted by molar-refractivity contribution is -0.137. The summed E-state index contributed by atoms with van der Waals surface area (Å²) in [5.41, 5.74) is 0.882. The second-order valence-corrected chi connectivity index (χ2v) is 5.60. The van der Waals surface area contributed by atoms with Gasteiger partial charge in [0.2, 0.25) is 0 Å². The van der Waals surface area contributed by atoms with E-state index in [1.165, 1.54) is 18.4 Å². The van der Waals surface area contributed by atoms with Crippen molar-refractivity contribution in [3.63, 3.8) is 0 Å². The minimum atomic E-state index is -0.885. The number of methoxy groups -OCH3 is 1. The maximum Gasteiger partial charge on any atom is 0.303 e. The number of ether oxygens (including phenoxy) is 1. The highest BCUT2D eigenvalue weighted by Gasteiger charge is 2.20. The average molecular weight is 319 g/mol. The number of amides is 1. The molecule has 0 fully saturated rings. The van der Waals surface area contributed by atoms with Gasteiger partial charge >= 0.3 is 5.97 Å². The van der Waals surface area contributed by atoms with Gasteiger partial charge in [-0.25, -0.2) is 0 Å². The van der Waals surface area contributed by atoms with Crippen molar-refractivity contribution in [2.45, 2.75) is 18.9 Å². The number of carboxylic acid groups (broad SMARTS) is 1. The van der Waals surface area contributed by atoms with Crippen LogP contribution in [0.25, 0.3) is 0 Å². The van der Waals surface area contributed by atoms with E-state index in [2.05, 4.69) is 5.32 Å². The van der Waals surface area contributed by atoms with Gasteiger partial charge in [0, 0.05) is 6.42 Å². The van der Waals surface area contributed by atoms with E-state index >= 15 is 0 Å². The molecule has 2 N–H and O–H groups in total. The van der Waals surface area contributed by atoms with Gasteiger partial charge in [0.1, 0.15) is 10.6 Å². The normalized spacial score (nSPS) is 11.7. The quantitative estimate of drug-likeness (QED) is 0.822. The van der Waals surface area contributed by atoms with Gasteiger partial charge in [-0.2, -0.15) is 0 Å². The zero-order valence-corrected chi connectivity index (χ0v) is 12.9. The van der Waals surface area contributed by atoms with Crippen LogP contribution >= 0.6 is 11.3 Å². The van der Waals surface area contributed by atoms with Gasteiger partial charge in [-0.1, -0.05) is 30.3 Å². The molecule has 1 amide bonds. The topological polar surface area (TPSA) is 75.6 Å². The fourth-order valence-corrected chi connectivity index (χ4v) is 2.88. The van der Waals surface area contributed by atoms with Crippen molar-refractivity contribution in [3.8, 4) is 5.75 Å². The summed E-state index contributed by atoms with van der Waals surface area (Å²) in [6.07, 6.45) is 0.320. The fourth-order valence-electron chi connectivity index (χ4n) is 2.12. The maximum atomic E-state index is 12.4. The zero-order chi connectivity index (χ0) is 15.9. The summed E-state index contributed by atoms with van der Waals surface area (Å²) >= 11 is 1.29. The Balaban J connectivity index is 2.15. The molecule has 1 unspecified atom stereocenters. The Morgan fingerprint density at radius 3 is 2.64 bits per heavy atom. The molecule has 5 nitrogen and oxygen atoms in total. The third-order valence-electron chi connectivity index (χ3n) is 3.21. The van der Waals surface area contributed by atoms with Gasteiger partial charge in [-0.15, -0.1) is 11.3 Å². The number of carbonyl (C=O) groups is 2. The highest BCUT2D eigenvalue weighted by molar-refractivity contribution is 7.12. The van der Waals surface area contributed by atoms with E-state index < -0.39 is 5.97 Å². The highest BCUT2D eigenvalue weighted by Crippen LogP contribution is 2.26. The van der Waals surface area contributed by atoms with E-state index in [0.29, 0.717) is 17.0 Å². The van der Waals surface area contributed by atoms with E-state index in [1.54, 1.807) is 11.4 Å². The molecule has 0 radical (unpaired) electrons. The summed E-state index contributed by atoms with van der Waals surface area (Å²) < 4.78 is 5.15. The Morgan fingerprint density at radius 2 is 2.00 bits per heavy atom. The number of hydrogen-bond donors (Lipinski definition) is 2. The lowest BCUT2D eigenvalue weighted by atomic mass is 10.0. The van der Waals surface area contributed by atoms with Gasteiger partial charge in [0.05, 0.1) is 13.2 Å². The summed E-state index contributed by atoms with van der Waals surface area (Å²) in [5, 5.41) is 13.6. The first-order valence-electron chi connectivity index (χ1n) is 6.81. The molecule has 0 aliphatic heterocycles. The minimum absolute atomic E-state index is 0.0125. The van der Waals surface area contributed by atoms with E-state index in [1.807, 2.05) is 30.3 Å². The molecule has 1 aromatic carbocycles. The SMILES string of the molecule is COc1ccsc1C(=O)NC(CCC(=O)O)c1ccccc1. The van der Waals surface area contributed by atoms with Crippen LogP contribution in [0.5, 0.6) is 5.75 Å². The Labute approximate surface area is 132 Å². The number of benzene rings is 1. The minimum Gasteiger partial charge on any atom is -0.495 e. The van der Waals surface area contributed by atoms with Crippen LogP contribution in [-0.4, -0.2) is 24.1 Å². The molecule has 0 spiro atoms. The Kier molecular flexibility index (Phi) is 5.55. The van der Waals surface area contributed by atoms with Crippen LogP contribution < -0.4 is 10.1 Å². The first-order chi connectivity index (χ1) is 10.6. The van der Waals surface area contributed by atoms with Crippen LogP contribution in [0.2, 0.25) is 0 Å². The van der Waals surface area contributed by atoms with Crippen LogP contribution in [0, 0.1) is 0 Å². The second kappa shape index (κ2) is 7.61. The molecule has 22 heavy (non-hydrogen) atoms. The van der Waals surface area contributed by atoms with Crippen LogP contribution in [0.4, 0.5) is 0 Å². The molecule has 2 rings (SSSR count). The molecule has 6 heteroatoms. The number of hydrogen-bond acceptors (Lipinski definition) is 4. The lowest BCUT2D eigenvalue weighted by Crippen LogP contribution is -2.28. The predicted octanol–water partition coefficient (Wildman–Crippen LogP) is 3.09. The van der Waals surface area contributed by atoms with E-state index in [-0.39, 0.29) is 18.4 Å². The Bertz CT molecular complexity index is 639. The summed E-state index contributed by atoms with van der Waals surface area (Å²) in [5.74, 6) is -0.623. The summed E-state index contributed by atoms with van der Waals surface area (Å²) in [6, 6.07) is 10.7. The Hall–Kier alpha value is -2.34. The van der Waals surface area contributed by atoms with Crippen molar-refractivity contribution in [3.05, 3.63) is 52.2 Å². The van der Waals surface area contributed by atoms with Crippen molar-refractivity contribution in [2.75, 3.05) is 7.11 Å². The van der Waals surface area contributed by atoms with Crippen LogP contribution in [0.15, 0.2) is 41.8 Å². The Morgan fingerprint density at radius 1 is 1.27 bits per heavy atom. The van der Waals surface area contributed by atoms with Gasteiger partial charge in [0.25, 0.3) is 5.91 Å². The molecule has 0 bridgehead atoms. The largest absolute Gasteiger partial charge is 0.495 e. The molecule has 1 heterocycles. The molecule has 1 atom stereocenters. The van der Waals surface area contributed by atoms with Gasteiger partial charge in [-0.3, -0.25) is 9.59 Å². The average Bonchev–Trinajstić information content (AvgIpc) is 3.00. The lowest BCUT2D eigenvalue weighted by Gasteiger charge is -2.18. The summed E-state index contributed by atoms with van der Waals surface area (Å²) in [4.78, 5) is 23.7. The predicted molar refractivity (Wildman–Crippen MR) is 84.4 cm³/mol. The highest BCUT2D eigenvalue weighted by atomic mass is 32.1. The van der Waals surface area contributed by atoms with Gasteiger partial charge < -0.3 is 15.2 Å². The standard InChI is InChI=1S/C16H17NO4S/c1-21-13-9-10-22-15(13)16(20)17-12(7-8-14(18)19)11-5-3-2-4-6-11/h2-6,9-10,12H,7-8H2,1H3,(H,17,20)(H,18,19). The van der Waals surface area contributed by atoms with Crippen molar-refractivity contribution >= 4 is 23.2 Å². The van der Waals surface area contributed by atoms with Crippen molar-refractivity contribution in [1.82, 2.24) is 5.32 Å². The third kappa shape index (κ3) is 4.08. The van der Waals surface area contributed by atoms with Gasteiger partial charge in [-0.05, 0) is 23.4 Å². The molecule has 2 aromatic rings. The van der Waals surface area contributed by atoms with Crippen molar-refractivity contribution in [1.29, 1.82) is 0 Å². The molecule has 1 aromatic heterocycles. The monoisotopic (exact) mass is 319 g/mol. The number of thiophene rings is 1. The molecular formula is C16H17NO4S. The van der Waals surface area contributed by atoms with Crippen LogP contribution in [0.1, 0.15) is 34.1 Å². The number of carbonyl (C=O) groups excluding carboxylic acids is 1.